The molecule has 0 saturated heterocycles. The maximum atomic E-state index is 10.7. The first-order valence-electron chi connectivity index (χ1n) is 7.25. The van der Waals surface area contributed by atoms with E-state index in [1.54, 1.807) is 0 Å². The van der Waals surface area contributed by atoms with Crippen LogP contribution < -0.4 is 5.32 Å². The molecule has 1 aliphatic rings. The first-order valence-corrected chi connectivity index (χ1v) is 7.25. The molecule has 0 fully saturated rings. The molecule has 0 aromatic heterocycles. The predicted molar refractivity (Wildman–Crippen MR) is 78.3 cm³/mol. The van der Waals surface area contributed by atoms with Crippen LogP contribution in [0.4, 0.5) is 5.69 Å². The van der Waals surface area contributed by atoms with Crippen molar-refractivity contribution in [3.8, 4) is 0 Å². The second-order valence-corrected chi connectivity index (χ2v) is 5.41. The average molecular weight is 275 g/mol. The zero-order chi connectivity index (χ0) is 14.4. The number of hydrogen-bond donors (Lipinski definition) is 2. The number of unbranched alkanes of at least 4 members (excludes halogenated alkanes) is 2. The zero-order valence-electron chi connectivity index (χ0n) is 11.6. The summed E-state index contributed by atoms with van der Waals surface area (Å²) in [5.41, 5.74) is 3.09. The van der Waals surface area contributed by atoms with E-state index >= 15 is 0 Å². The van der Waals surface area contributed by atoms with Gasteiger partial charge in [0, 0.05) is 23.7 Å². The molecule has 2 N–H and O–H groups in total. The number of aliphatic carboxylic acids is 1. The molecule has 1 heterocycles. The topological polar surface area (TPSA) is 66.4 Å². The Kier molecular flexibility index (Phi) is 5.16. The molecule has 0 spiro atoms. The van der Waals surface area contributed by atoms with Gasteiger partial charge in [-0.3, -0.25) is 9.59 Å². The lowest BCUT2D eigenvalue weighted by molar-refractivity contribution is -0.137. The van der Waals surface area contributed by atoms with E-state index in [0.29, 0.717) is 6.04 Å². The van der Waals surface area contributed by atoms with E-state index < -0.39 is 5.97 Å². The Labute approximate surface area is 119 Å². The van der Waals surface area contributed by atoms with Gasteiger partial charge in [0.15, 0.2) is 0 Å². The van der Waals surface area contributed by atoms with Crippen molar-refractivity contribution in [3.63, 3.8) is 0 Å². The summed E-state index contributed by atoms with van der Waals surface area (Å²) < 4.78 is 0. The summed E-state index contributed by atoms with van der Waals surface area (Å²) in [6, 6.07) is 6.25. The molecule has 20 heavy (non-hydrogen) atoms. The number of nitrogens with one attached hydrogen (secondary N) is 1. The fraction of sp³-hybridized carbons (Fsp3) is 0.500. The van der Waals surface area contributed by atoms with Crippen LogP contribution in [0.2, 0.25) is 0 Å². The summed E-state index contributed by atoms with van der Waals surface area (Å²) >= 11 is 0. The molecule has 0 amide bonds. The quantitative estimate of drug-likeness (QED) is 0.592. The number of hydrogen-bond acceptors (Lipinski definition) is 3. The van der Waals surface area contributed by atoms with E-state index in [4.69, 9.17) is 5.11 Å². The molecular weight excluding hydrogens is 254 g/mol. The molecule has 4 nitrogen and oxygen atoms in total. The second-order valence-electron chi connectivity index (χ2n) is 5.41. The number of aryl methyl sites for hydroxylation is 1. The monoisotopic (exact) mass is 275 g/mol. The number of benzene rings is 1. The SMILES string of the molecule is O=Cc1ccc2c(c1)CCC(CCCCCC(=O)O)N2. The fourth-order valence-corrected chi connectivity index (χ4v) is 2.72. The molecule has 4 heteroatoms. The van der Waals surface area contributed by atoms with E-state index in [2.05, 4.69) is 5.32 Å². The maximum Gasteiger partial charge on any atom is 0.303 e. The maximum absolute atomic E-state index is 10.7. The molecule has 1 aromatic rings. The first-order chi connectivity index (χ1) is 9.69. The lowest BCUT2D eigenvalue weighted by Gasteiger charge is -2.27. The van der Waals surface area contributed by atoms with Crippen LogP contribution in [0.25, 0.3) is 0 Å². The molecule has 1 atom stereocenters. The van der Waals surface area contributed by atoms with Gasteiger partial charge >= 0.3 is 5.97 Å². The van der Waals surface area contributed by atoms with Crippen molar-refractivity contribution >= 4 is 17.9 Å². The Morgan fingerprint density at radius 2 is 2.20 bits per heavy atom. The largest absolute Gasteiger partial charge is 0.481 e. The van der Waals surface area contributed by atoms with Gasteiger partial charge in [0.05, 0.1) is 0 Å². The molecule has 1 aromatic carbocycles. The second kappa shape index (κ2) is 7.08. The molecule has 108 valence electrons. The van der Waals surface area contributed by atoms with Crippen LogP contribution in [-0.2, 0) is 11.2 Å². The third-order valence-electron chi connectivity index (χ3n) is 3.83. The Bertz CT molecular complexity index is 485. The van der Waals surface area contributed by atoms with Gasteiger partial charge in [0.25, 0.3) is 0 Å². The third-order valence-corrected chi connectivity index (χ3v) is 3.83. The van der Waals surface area contributed by atoms with Gasteiger partial charge in [-0.2, -0.15) is 0 Å². The number of aldehydes is 1. The van der Waals surface area contributed by atoms with Gasteiger partial charge in [-0.05, 0) is 49.4 Å². The van der Waals surface area contributed by atoms with Crippen molar-refractivity contribution in [1.82, 2.24) is 0 Å². The minimum absolute atomic E-state index is 0.273. The summed E-state index contributed by atoms with van der Waals surface area (Å²) in [6.07, 6.45) is 7.12. The van der Waals surface area contributed by atoms with Gasteiger partial charge in [-0.25, -0.2) is 0 Å². The van der Waals surface area contributed by atoms with Crippen molar-refractivity contribution in [1.29, 1.82) is 0 Å². The molecule has 1 unspecified atom stereocenters. The summed E-state index contributed by atoms with van der Waals surface area (Å²) in [6.45, 7) is 0. The van der Waals surface area contributed by atoms with Crippen molar-refractivity contribution in [3.05, 3.63) is 29.3 Å². The molecule has 0 saturated carbocycles. The van der Waals surface area contributed by atoms with Gasteiger partial charge in [0.1, 0.15) is 6.29 Å². The van der Waals surface area contributed by atoms with Crippen molar-refractivity contribution in [2.45, 2.75) is 51.0 Å². The Morgan fingerprint density at radius 1 is 1.35 bits per heavy atom. The first kappa shape index (κ1) is 14.6. The molecule has 0 radical (unpaired) electrons. The number of carbonyl (C=O) groups is 2. The number of anilines is 1. The molecular formula is C16H21NO3. The lowest BCUT2D eigenvalue weighted by Crippen LogP contribution is -2.25. The normalized spacial score (nSPS) is 17.1. The van der Waals surface area contributed by atoms with E-state index in [1.165, 1.54) is 5.56 Å². The fourth-order valence-electron chi connectivity index (χ4n) is 2.72. The summed E-state index contributed by atoms with van der Waals surface area (Å²) in [4.78, 5) is 21.2. The summed E-state index contributed by atoms with van der Waals surface area (Å²) in [7, 11) is 0. The van der Waals surface area contributed by atoms with Crippen molar-refractivity contribution in [2.75, 3.05) is 5.32 Å². The number of fused-ring (bicyclic) bond motifs is 1. The Balaban J connectivity index is 1.76. The van der Waals surface area contributed by atoms with E-state index in [0.717, 1.165) is 56.1 Å². The van der Waals surface area contributed by atoms with E-state index in [1.807, 2.05) is 18.2 Å². The number of carboxylic acids is 1. The van der Waals surface area contributed by atoms with Crippen LogP contribution in [0.5, 0.6) is 0 Å². The van der Waals surface area contributed by atoms with E-state index in [9.17, 15) is 9.59 Å². The zero-order valence-corrected chi connectivity index (χ0v) is 11.6. The van der Waals surface area contributed by atoms with Crippen LogP contribution in [0, 0.1) is 0 Å². The Hall–Kier alpha value is -1.84. The summed E-state index contributed by atoms with van der Waals surface area (Å²) in [5.74, 6) is -0.708. The van der Waals surface area contributed by atoms with Crippen LogP contribution in [0.15, 0.2) is 18.2 Å². The van der Waals surface area contributed by atoms with Crippen LogP contribution >= 0.6 is 0 Å². The van der Waals surface area contributed by atoms with E-state index in [-0.39, 0.29) is 6.42 Å². The highest BCUT2D eigenvalue weighted by atomic mass is 16.4. The predicted octanol–water partition coefficient (Wildman–Crippen LogP) is 3.26. The molecule has 2 rings (SSSR count). The average Bonchev–Trinajstić information content (AvgIpc) is 2.46. The third kappa shape index (κ3) is 4.08. The number of rotatable bonds is 7. The number of carbonyl (C=O) groups excluding carboxylic acids is 1. The van der Waals surface area contributed by atoms with Crippen LogP contribution in [0.1, 0.15) is 54.4 Å². The van der Waals surface area contributed by atoms with Gasteiger partial charge in [-0.1, -0.05) is 12.8 Å². The number of carboxylic acid groups (broad SMARTS) is 1. The van der Waals surface area contributed by atoms with Gasteiger partial charge < -0.3 is 10.4 Å². The highest BCUT2D eigenvalue weighted by Crippen LogP contribution is 2.27. The van der Waals surface area contributed by atoms with Gasteiger partial charge in [0.2, 0.25) is 0 Å². The van der Waals surface area contributed by atoms with Crippen molar-refractivity contribution in [2.24, 2.45) is 0 Å². The highest BCUT2D eigenvalue weighted by Gasteiger charge is 2.17. The summed E-state index contributed by atoms with van der Waals surface area (Å²) in [5, 5.41) is 12.1. The smallest absolute Gasteiger partial charge is 0.303 e. The lowest BCUT2D eigenvalue weighted by atomic mass is 9.93. The van der Waals surface area contributed by atoms with Crippen LogP contribution in [-0.4, -0.2) is 23.4 Å². The molecule has 0 aliphatic carbocycles. The van der Waals surface area contributed by atoms with Gasteiger partial charge in [-0.15, -0.1) is 0 Å². The van der Waals surface area contributed by atoms with Crippen LogP contribution in [0.3, 0.4) is 0 Å². The van der Waals surface area contributed by atoms with Crippen molar-refractivity contribution < 1.29 is 14.7 Å². The minimum atomic E-state index is -0.708. The Morgan fingerprint density at radius 3 is 2.95 bits per heavy atom. The highest BCUT2D eigenvalue weighted by molar-refractivity contribution is 5.77. The molecule has 1 aliphatic heterocycles. The molecule has 0 bridgehead atoms. The minimum Gasteiger partial charge on any atom is -0.481 e. The standard InChI is InChI=1S/C16H21NO3/c18-11-12-6-9-15-13(10-12)7-8-14(17-15)4-2-1-3-5-16(19)20/h6,9-11,14,17H,1-5,7-8H2,(H,19,20).